The molecule has 0 bridgehead atoms. The molecular weight excluding hydrogens is 188 g/mol. The third kappa shape index (κ3) is 3.83. The minimum atomic E-state index is 0.893. The van der Waals surface area contributed by atoms with Gasteiger partial charge in [-0.05, 0) is 20.0 Å². The molecule has 1 rings (SSSR count). The molecule has 4 heteroatoms. The third-order valence-corrected chi connectivity index (χ3v) is 2.50. The molecule has 1 aromatic heterocycles. The summed E-state index contributed by atoms with van der Waals surface area (Å²) >= 11 is 0. The van der Waals surface area contributed by atoms with Crippen LogP contribution in [-0.2, 0) is 0 Å². The number of hydrogen-bond donors (Lipinski definition) is 1. The normalized spacial score (nSPS) is 10.7. The van der Waals surface area contributed by atoms with Crippen LogP contribution in [0.5, 0.6) is 0 Å². The number of rotatable bonds is 6. The van der Waals surface area contributed by atoms with E-state index in [9.17, 15) is 0 Å². The molecule has 84 valence electrons. The summed E-state index contributed by atoms with van der Waals surface area (Å²) in [4.78, 5) is 10.8. The molecule has 0 spiro atoms. The van der Waals surface area contributed by atoms with Crippen LogP contribution >= 0.6 is 0 Å². The Morgan fingerprint density at radius 1 is 1.20 bits per heavy atom. The molecule has 0 aliphatic rings. The van der Waals surface area contributed by atoms with Gasteiger partial charge in [0.25, 0.3) is 0 Å². The zero-order valence-electron chi connectivity index (χ0n) is 9.82. The van der Waals surface area contributed by atoms with Crippen LogP contribution < -0.4 is 5.32 Å². The van der Waals surface area contributed by atoms with Gasteiger partial charge in [-0.1, -0.05) is 13.8 Å². The Balaban J connectivity index is 2.34. The maximum absolute atomic E-state index is 4.23. The van der Waals surface area contributed by atoms with Crippen molar-refractivity contribution in [2.45, 2.75) is 20.8 Å². The first-order valence-electron chi connectivity index (χ1n) is 5.51. The van der Waals surface area contributed by atoms with Gasteiger partial charge in [-0.2, -0.15) is 0 Å². The van der Waals surface area contributed by atoms with Crippen LogP contribution in [0.3, 0.4) is 0 Å². The number of nitrogens with one attached hydrogen (secondary N) is 1. The molecule has 0 saturated heterocycles. The first-order valence-corrected chi connectivity index (χ1v) is 5.51. The van der Waals surface area contributed by atoms with Crippen molar-refractivity contribution in [3.8, 4) is 0 Å². The van der Waals surface area contributed by atoms with Crippen molar-refractivity contribution in [1.29, 1.82) is 0 Å². The van der Waals surface area contributed by atoms with Gasteiger partial charge in [0.2, 0.25) is 0 Å². The van der Waals surface area contributed by atoms with Crippen LogP contribution in [0.4, 0.5) is 5.82 Å². The number of aryl methyl sites for hydroxylation is 1. The van der Waals surface area contributed by atoms with E-state index >= 15 is 0 Å². The van der Waals surface area contributed by atoms with Crippen LogP contribution in [-0.4, -0.2) is 41.0 Å². The minimum absolute atomic E-state index is 0.893. The summed E-state index contributed by atoms with van der Waals surface area (Å²) < 4.78 is 0. The van der Waals surface area contributed by atoms with E-state index in [0.29, 0.717) is 0 Å². The van der Waals surface area contributed by atoms with Gasteiger partial charge in [-0.15, -0.1) is 0 Å². The summed E-state index contributed by atoms with van der Waals surface area (Å²) in [6.07, 6.45) is 3.43. The zero-order chi connectivity index (χ0) is 11.1. The van der Waals surface area contributed by atoms with E-state index in [4.69, 9.17) is 0 Å². The predicted molar refractivity (Wildman–Crippen MR) is 63.0 cm³/mol. The molecule has 0 radical (unpaired) electrons. The summed E-state index contributed by atoms with van der Waals surface area (Å²) in [5.41, 5.74) is 0.956. The molecule has 1 aromatic rings. The van der Waals surface area contributed by atoms with Crippen molar-refractivity contribution in [3.05, 3.63) is 18.1 Å². The van der Waals surface area contributed by atoms with Gasteiger partial charge >= 0.3 is 0 Å². The van der Waals surface area contributed by atoms with Crippen molar-refractivity contribution < 1.29 is 0 Å². The van der Waals surface area contributed by atoms with Gasteiger partial charge in [-0.3, -0.25) is 4.98 Å². The Hall–Kier alpha value is -1.16. The molecular formula is C11H20N4. The molecule has 1 N–H and O–H groups in total. The van der Waals surface area contributed by atoms with Gasteiger partial charge in [-0.25, -0.2) is 4.98 Å². The first kappa shape index (κ1) is 11.9. The van der Waals surface area contributed by atoms with E-state index in [-0.39, 0.29) is 0 Å². The molecule has 0 saturated carbocycles. The molecule has 0 aliphatic carbocycles. The predicted octanol–water partition coefficient (Wildman–Crippen LogP) is 1.54. The van der Waals surface area contributed by atoms with Crippen LogP contribution in [0.1, 0.15) is 19.5 Å². The SMILES string of the molecule is CCN(CC)CCNc1nccnc1C. The summed E-state index contributed by atoms with van der Waals surface area (Å²) in [7, 11) is 0. The maximum Gasteiger partial charge on any atom is 0.147 e. The zero-order valence-corrected chi connectivity index (χ0v) is 9.82. The molecule has 0 atom stereocenters. The van der Waals surface area contributed by atoms with E-state index in [1.54, 1.807) is 12.4 Å². The van der Waals surface area contributed by atoms with Crippen LogP contribution in [0.2, 0.25) is 0 Å². The van der Waals surface area contributed by atoms with Crippen LogP contribution in [0, 0.1) is 6.92 Å². The number of nitrogens with zero attached hydrogens (tertiary/aromatic N) is 3. The highest BCUT2D eigenvalue weighted by molar-refractivity contribution is 5.37. The standard InChI is InChI=1S/C11H20N4/c1-4-15(5-2)9-8-14-11-10(3)12-6-7-13-11/h6-7H,4-5,8-9H2,1-3H3,(H,13,14). The smallest absolute Gasteiger partial charge is 0.147 e. The van der Waals surface area contributed by atoms with Crippen LogP contribution in [0.15, 0.2) is 12.4 Å². The Morgan fingerprint density at radius 3 is 2.47 bits per heavy atom. The van der Waals surface area contributed by atoms with Crippen molar-refractivity contribution in [1.82, 2.24) is 14.9 Å². The first-order chi connectivity index (χ1) is 7.27. The van der Waals surface area contributed by atoms with Gasteiger partial charge in [0, 0.05) is 25.5 Å². The fourth-order valence-corrected chi connectivity index (χ4v) is 1.45. The number of hydrogen-bond acceptors (Lipinski definition) is 4. The maximum atomic E-state index is 4.23. The second-order valence-electron chi connectivity index (χ2n) is 3.44. The second kappa shape index (κ2) is 6.35. The second-order valence-corrected chi connectivity index (χ2v) is 3.44. The molecule has 0 amide bonds. The summed E-state index contributed by atoms with van der Waals surface area (Å²) in [6, 6.07) is 0. The molecule has 0 aliphatic heterocycles. The Labute approximate surface area is 91.7 Å². The molecule has 0 fully saturated rings. The monoisotopic (exact) mass is 208 g/mol. The molecule has 0 aromatic carbocycles. The van der Waals surface area contributed by atoms with E-state index in [1.165, 1.54) is 0 Å². The van der Waals surface area contributed by atoms with Crippen molar-refractivity contribution in [2.24, 2.45) is 0 Å². The average Bonchev–Trinajstić information content (AvgIpc) is 2.27. The molecule has 15 heavy (non-hydrogen) atoms. The lowest BCUT2D eigenvalue weighted by Gasteiger charge is -2.18. The lowest BCUT2D eigenvalue weighted by Crippen LogP contribution is -2.28. The van der Waals surface area contributed by atoms with Gasteiger partial charge in [0.05, 0.1) is 5.69 Å². The Morgan fingerprint density at radius 2 is 1.87 bits per heavy atom. The highest BCUT2D eigenvalue weighted by atomic mass is 15.1. The van der Waals surface area contributed by atoms with E-state index in [0.717, 1.165) is 37.7 Å². The topological polar surface area (TPSA) is 41.0 Å². The Bertz CT molecular complexity index is 284. The number of likely N-dealkylation sites (N-methyl/N-ethyl adjacent to an activating group) is 1. The fourth-order valence-electron chi connectivity index (χ4n) is 1.45. The summed E-state index contributed by atoms with van der Waals surface area (Å²) in [5.74, 6) is 0.893. The molecule has 1 heterocycles. The van der Waals surface area contributed by atoms with E-state index in [1.807, 2.05) is 6.92 Å². The van der Waals surface area contributed by atoms with E-state index in [2.05, 4.69) is 34.0 Å². The van der Waals surface area contributed by atoms with Crippen molar-refractivity contribution in [3.63, 3.8) is 0 Å². The van der Waals surface area contributed by atoms with Gasteiger partial charge in [0.1, 0.15) is 5.82 Å². The van der Waals surface area contributed by atoms with Crippen molar-refractivity contribution in [2.75, 3.05) is 31.5 Å². The quantitative estimate of drug-likeness (QED) is 0.770. The summed E-state index contributed by atoms with van der Waals surface area (Å²) in [5, 5.41) is 3.30. The lowest BCUT2D eigenvalue weighted by molar-refractivity contribution is 0.316. The van der Waals surface area contributed by atoms with E-state index < -0.39 is 0 Å². The largest absolute Gasteiger partial charge is 0.367 e. The van der Waals surface area contributed by atoms with Crippen LogP contribution in [0.25, 0.3) is 0 Å². The molecule has 4 nitrogen and oxygen atoms in total. The van der Waals surface area contributed by atoms with Crippen molar-refractivity contribution >= 4 is 5.82 Å². The highest BCUT2D eigenvalue weighted by Gasteiger charge is 2.00. The molecule has 0 unspecified atom stereocenters. The van der Waals surface area contributed by atoms with Gasteiger partial charge < -0.3 is 10.2 Å². The van der Waals surface area contributed by atoms with Gasteiger partial charge in [0.15, 0.2) is 0 Å². The third-order valence-electron chi connectivity index (χ3n) is 2.50. The minimum Gasteiger partial charge on any atom is -0.367 e. The lowest BCUT2D eigenvalue weighted by atomic mass is 10.4. The Kier molecular flexibility index (Phi) is 5.04. The fraction of sp³-hybridized carbons (Fsp3) is 0.636. The average molecular weight is 208 g/mol. The number of anilines is 1. The summed E-state index contributed by atoms with van der Waals surface area (Å²) in [6.45, 7) is 10.5. The number of aromatic nitrogens is 2. The highest BCUT2D eigenvalue weighted by Crippen LogP contribution is 2.04.